The Bertz CT molecular complexity index is 377. The summed E-state index contributed by atoms with van der Waals surface area (Å²) in [7, 11) is -2.33. The first-order valence-electron chi connectivity index (χ1n) is 6.16. The first kappa shape index (κ1) is 15.4. The van der Waals surface area contributed by atoms with E-state index in [4.69, 9.17) is 5.11 Å². The van der Waals surface area contributed by atoms with Crippen molar-refractivity contribution in [3.63, 3.8) is 0 Å². The second kappa shape index (κ2) is 6.49. The Morgan fingerprint density at radius 3 is 2.67 bits per heavy atom. The molecule has 1 aliphatic rings. The lowest BCUT2D eigenvalue weighted by atomic mass is 10.1. The minimum absolute atomic E-state index is 0.245. The summed E-state index contributed by atoms with van der Waals surface area (Å²) in [6, 6.07) is -0.492. The monoisotopic (exact) mass is 279 g/mol. The lowest BCUT2D eigenvalue weighted by Gasteiger charge is -2.21. The fraction of sp³-hybridized carbons (Fsp3) is 0.909. The minimum atomic E-state index is -3.60. The summed E-state index contributed by atoms with van der Waals surface area (Å²) in [4.78, 5) is 11.5. The number of methoxy groups -OCH3 is 1. The van der Waals surface area contributed by atoms with Gasteiger partial charge in [0.2, 0.25) is 10.0 Å². The molecule has 6 nitrogen and oxygen atoms in total. The van der Waals surface area contributed by atoms with Crippen LogP contribution in [-0.4, -0.2) is 44.5 Å². The zero-order chi connectivity index (χ0) is 13.8. The molecule has 0 aliphatic heterocycles. The predicted molar refractivity (Wildman–Crippen MR) is 66.4 cm³/mol. The van der Waals surface area contributed by atoms with E-state index in [1.807, 2.05) is 0 Å². The van der Waals surface area contributed by atoms with E-state index in [0.29, 0.717) is 25.7 Å². The SMILES string of the molecule is CC[C@@H](CO)NS(=O)(=O)C1CCCC1C(=O)OC. The fourth-order valence-electron chi connectivity index (χ4n) is 2.29. The average Bonchev–Trinajstić information content (AvgIpc) is 2.85. The van der Waals surface area contributed by atoms with Gasteiger partial charge in [-0.15, -0.1) is 0 Å². The number of aliphatic hydroxyl groups excluding tert-OH is 1. The van der Waals surface area contributed by atoms with Crippen molar-refractivity contribution in [2.75, 3.05) is 13.7 Å². The molecular formula is C11H21NO5S. The van der Waals surface area contributed by atoms with Gasteiger partial charge in [0.05, 0.1) is 24.9 Å². The number of rotatable bonds is 6. The van der Waals surface area contributed by atoms with Gasteiger partial charge in [0, 0.05) is 6.04 Å². The summed E-state index contributed by atoms with van der Waals surface area (Å²) in [6.45, 7) is 1.54. The van der Waals surface area contributed by atoms with Crippen LogP contribution in [0.3, 0.4) is 0 Å². The smallest absolute Gasteiger partial charge is 0.310 e. The van der Waals surface area contributed by atoms with Gasteiger partial charge in [0.25, 0.3) is 0 Å². The standard InChI is InChI=1S/C11H21NO5S/c1-3-8(7-13)12-18(15,16)10-6-4-5-9(10)11(14)17-2/h8-10,12-13H,3-7H2,1-2H3/t8-,9?,10?/m0/s1. The zero-order valence-electron chi connectivity index (χ0n) is 10.8. The molecule has 0 amide bonds. The molecule has 7 heteroatoms. The molecule has 106 valence electrons. The third-order valence-electron chi connectivity index (χ3n) is 3.40. The number of ether oxygens (including phenoxy) is 1. The number of esters is 1. The van der Waals surface area contributed by atoms with Crippen LogP contribution in [0.5, 0.6) is 0 Å². The molecule has 0 aromatic rings. The van der Waals surface area contributed by atoms with E-state index in [-0.39, 0.29) is 6.61 Å². The van der Waals surface area contributed by atoms with Crippen molar-refractivity contribution < 1.29 is 23.1 Å². The third kappa shape index (κ3) is 3.43. The van der Waals surface area contributed by atoms with Gasteiger partial charge in [-0.3, -0.25) is 4.79 Å². The Hall–Kier alpha value is -0.660. The summed E-state index contributed by atoms with van der Waals surface area (Å²) in [6.07, 6.45) is 2.19. The van der Waals surface area contributed by atoms with Crippen LogP contribution in [0.2, 0.25) is 0 Å². The highest BCUT2D eigenvalue weighted by atomic mass is 32.2. The molecule has 0 radical (unpaired) electrons. The van der Waals surface area contributed by atoms with Gasteiger partial charge >= 0.3 is 5.97 Å². The molecule has 18 heavy (non-hydrogen) atoms. The van der Waals surface area contributed by atoms with Crippen molar-refractivity contribution in [3.8, 4) is 0 Å². The van der Waals surface area contributed by atoms with Crippen molar-refractivity contribution >= 4 is 16.0 Å². The maximum Gasteiger partial charge on any atom is 0.310 e. The Labute approximate surface area is 108 Å². The Morgan fingerprint density at radius 2 is 2.17 bits per heavy atom. The molecule has 0 aromatic heterocycles. The summed E-state index contributed by atoms with van der Waals surface area (Å²) in [5.74, 6) is -1.07. The van der Waals surface area contributed by atoms with Crippen LogP contribution in [0, 0.1) is 5.92 Å². The van der Waals surface area contributed by atoms with Gasteiger partial charge in [0.1, 0.15) is 0 Å². The Balaban J connectivity index is 2.80. The Kier molecular flexibility index (Phi) is 5.55. The van der Waals surface area contributed by atoms with E-state index in [0.717, 1.165) is 0 Å². The van der Waals surface area contributed by atoms with Crippen LogP contribution in [0.25, 0.3) is 0 Å². The number of hydrogen-bond donors (Lipinski definition) is 2. The van der Waals surface area contributed by atoms with Crippen LogP contribution in [0.1, 0.15) is 32.6 Å². The lowest BCUT2D eigenvalue weighted by Crippen LogP contribution is -2.45. The lowest BCUT2D eigenvalue weighted by molar-refractivity contribution is -0.145. The third-order valence-corrected chi connectivity index (χ3v) is 5.42. The van der Waals surface area contributed by atoms with Crippen molar-refractivity contribution in [1.29, 1.82) is 0 Å². The molecule has 0 bridgehead atoms. The quantitative estimate of drug-likeness (QED) is 0.669. The first-order valence-corrected chi connectivity index (χ1v) is 7.70. The highest BCUT2D eigenvalue weighted by Gasteiger charge is 2.42. The normalized spacial score (nSPS) is 25.9. The summed E-state index contributed by atoms with van der Waals surface area (Å²) in [5.41, 5.74) is 0. The zero-order valence-corrected chi connectivity index (χ0v) is 11.6. The van der Waals surface area contributed by atoms with Gasteiger partial charge in [-0.1, -0.05) is 13.3 Å². The number of nitrogens with one attached hydrogen (secondary N) is 1. The number of hydrogen-bond acceptors (Lipinski definition) is 5. The van der Waals surface area contributed by atoms with Crippen LogP contribution >= 0.6 is 0 Å². The van der Waals surface area contributed by atoms with E-state index in [2.05, 4.69) is 9.46 Å². The number of aliphatic hydroxyl groups is 1. The summed E-state index contributed by atoms with van der Waals surface area (Å²) in [5, 5.41) is 8.29. The van der Waals surface area contributed by atoms with Crippen LogP contribution in [0.4, 0.5) is 0 Å². The van der Waals surface area contributed by atoms with Gasteiger partial charge in [0.15, 0.2) is 0 Å². The van der Waals surface area contributed by atoms with Crippen LogP contribution in [0.15, 0.2) is 0 Å². The molecule has 2 N–H and O–H groups in total. The van der Waals surface area contributed by atoms with Crippen molar-refractivity contribution in [2.45, 2.75) is 43.9 Å². The van der Waals surface area contributed by atoms with E-state index < -0.39 is 33.2 Å². The molecule has 1 aliphatic carbocycles. The molecule has 1 saturated carbocycles. The molecule has 1 rings (SSSR count). The molecule has 0 heterocycles. The highest BCUT2D eigenvalue weighted by molar-refractivity contribution is 7.90. The van der Waals surface area contributed by atoms with Crippen LogP contribution in [-0.2, 0) is 19.6 Å². The van der Waals surface area contributed by atoms with Gasteiger partial charge in [-0.2, -0.15) is 0 Å². The topological polar surface area (TPSA) is 92.7 Å². The Morgan fingerprint density at radius 1 is 1.50 bits per heavy atom. The molecular weight excluding hydrogens is 258 g/mol. The van der Waals surface area contributed by atoms with Crippen LogP contribution < -0.4 is 4.72 Å². The second-order valence-corrected chi connectivity index (χ2v) is 6.48. The minimum Gasteiger partial charge on any atom is -0.469 e. The predicted octanol–water partition coefficient (Wildman–Crippen LogP) is 0.0184. The van der Waals surface area contributed by atoms with E-state index in [1.165, 1.54) is 7.11 Å². The van der Waals surface area contributed by atoms with Gasteiger partial charge in [-0.05, 0) is 19.3 Å². The number of carbonyl (C=O) groups is 1. The van der Waals surface area contributed by atoms with Crippen molar-refractivity contribution in [1.82, 2.24) is 4.72 Å². The second-order valence-electron chi connectivity index (χ2n) is 4.55. The van der Waals surface area contributed by atoms with E-state index in [1.54, 1.807) is 6.92 Å². The van der Waals surface area contributed by atoms with Gasteiger partial charge < -0.3 is 9.84 Å². The highest BCUT2D eigenvalue weighted by Crippen LogP contribution is 2.31. The van der Waals surface area contributed by atoms with Crippen molar-refractivity contribution in [2.24, 2.45) is 5.92 Å². The van der Waals surface area contributed by atoms with Crippen molar-refractivity contribution in [3.05, 3.63) is 0 Å². The van der Waals surface area contributed by atoms with E-state index in [9.17, 15) is 13.2 Å². The molecule has 0 aromatic carbocycles. The average molecular weight is 279 g/mol. The first-order chi connectivity index (χ1) is 8.46. The largest absolute Gasteiger partial charge is 0.469 e. The molecule has 1 fully saturated rings. The van der Waals surface area contributed by atoms with E-state index >= 15 is 0 Å². The number of sulfonamides is 1. The maximum atomic E-state index is 12.2. The maximum absolute atomic E-state index is 12.2. The fourth-order valence-corrected chi connectivity index (χ4v) is 4.33. The summed E-state index contributed by atoms with van der Waals surface area (Å²) >= 11 is 0. The molecule has 0 saturated heterocycles. The summed E-state index contributed by atoms with van der Waals surface area (Å²) < 4.78 is 31.4. The molecule has 3 atom stereocenters. The molecule has 2 unspecified atom stereocenters. The molecule has 0 spiro atoms. The number of carbonyl (C=O) groups excluding carboxylic acids is 1. The van der Waals surface area contributed by atoms with Gasteiger partial charge in [-0.25, -0.2) is 13.1 Å².